The first kappa shape index (κ1) is 30.0. The van der Waals surface area contributed by atoms with Crippen molar-refractivity contribution in [3.63, 3.8) is 0 Å². The first-order chi connectivity index (χ1) is 19.7. The Kier molecular flexibility index (Phi) is 9.64. The van der Waals surface area contributed by atoms with E-state index in [1.165, 1.54) is 24.1 Å². The highest BCUT2D eigenvalue weighted by atomic mass is 32.2. The van der Waals surface area contributed by atoms with Gasteiger partial charge in [-0.25, -0.2) is 13.2 Å². The number of carbonyl (C=O) groups excluding carboxylic acids is 1. The Balaban J connectivity index is 1.65. The first-order valence-corrected chi connectivity index (χ1v) is 14.6. The second-order valence-electron chi connectivity index (χ2n) is 9.68. The van der Waals surface area contributed by atoms with Crippen molar-refractivity contribution in [2.24, 2.45) is 0 Å². The summed E-state index contributed by atoms with van der Waals surface area (Å²) < 4.78 is 44.8. The highest BCUT2D eigenvalue weighted by molar-refractivity contribution is 7.89. The Morgan fingerprint density at radius 1 is 0.878 bits per heavy atom. The third-order valence-corrected chi connectivity index (χ3v) is 9.20. The predicted molar refractivity (Wildman–Crippen MR) is 152 cm³/mol. The number of piperidine rings is 1. The van der Waals surface area contributed by atoms with Crippen molar-refractivity contribution in [3.05, 3.63) is 84.4 Å². The average Bonchev–Trinajstić information content (AvgIpc) is 3.00. The zero-order valence-electron chi connectivity index (χ0n) is 23.1. The minimum Gasteiger partial charge on any atom is -0.497 e. The van der Waals surface area contributed by atoms with E-state index in [4.69, 9.17) is 14.2 Å². The third kappa shape index (κ3) is 6.70. The van der Waals surface area contributed by atoms with E-state index >= 15 is 0 Å². The molecule has 41 heavy (non-hydrogen) atoms. The molecule has 10 nitrogen and oxygen atoms in total. The highest BCUT2D eigenvalue weighted by Gasteiger charge is 2.52. The van der Waals surface area contributed by atoms with E-state index in [0.29, 0.717) is 11.3 Å². The lowest BCUT2D eigenvalue weighted by atomic mass is 9.87. The summed E-state index contributed by atoms with van der Waals surface area (Å²) in [5.41, 5.74) is 0.553. The van der Waals surface area contributed by atoms with Gasteiger partial charge in [0.05, 0.1) is 18.6 Å². The van der Waals surface area contributed by atoms with E-state index in [0.717, 1.165) is 15.4 Å². The van der Waals surface area contributed by atoms with Gasteiger partial charge in [-0.1, -0.05) is 54.6 Å². The number of carboxylic acid groups (broad SMARTS) is 1. The van der Waals surface area contributed by atoms with Crippen LogP contribution in [-0.4, -0.2) is 80.9 Å². The quantitative estimate of drug-likeness (QED) is 0.333. The molecule has 1 N–H and O–H groups in total. The second-order valence-corrected chi connectivity index (χ2v) is 11.5. The van der Waals surface area contributed by atoms with E-state index in [1.54, 1.807) is 49.6 Å². The van der Waals surface area contributed by atoms with Crippen LogP contribution >= 0.6 is 0 Å². The Bertz CT molecular complexity index is 1420. The summed E-state index contributed by atoms with van der Waals surface area (Å²) >= 11 is 0. The number of ether oxygens (including phenoxy) is 3. The molecule has 218 valence electrons. The van der Waals surface area contributed by atoms with Crippen LogP contribution in [0.25, 0.3) is 11.1 Å². The zero-order chi connectivity index (χ0) is 29.5. The molecule has 3 aromatic carbocycles. The molecule has 0 radical (unpaired) electrons. The summed E-state index contributed by atoms with van der Waals surface area (Å²) in [5.74, 6) is -0.558. The molecule has 0 bridgehead atoms. The summed E-state index contributed by atoms with van der Waals surface area (Å²) in [6.07, 6.45) is -0.789. The molecule has 0 unspecified atom stereocenters. The molecule has 1 amide bonds. The van der Waals surface area contributed by atoms with Crippen LogP contribution in [0, 0.1) is 0 Å². The van der Waals surface area contributed by atoms with Gasteiger partial charge in [-0.05, 0) is 53.8 Å². The lowest BCUT2D eigenvalue weighted by molar-refractivity contribution is -0.151. The van der Waals surface area contributed by atoms with Crippen molar-refractivity contribution in [2.75, 3.05) is 40.5 Å². The van der Waals surface area contributed by atoms with E-state index in [2.05, 4.69) is 0 Å². The Labute approximate surface area is 240 Å². The van der Waals surface area contributed by atoms with Gasteiger partial charge in [-0.2, -0.15) is 4.31 Å². The largest absolute Gasteiger partial charge is 0.497 e. The van der Waals surface area contributed by atoms with Crippen LogP contribution in [0.15, 0.2) is 83.8 Å². The van der Waals surface area contributed by atoms with Gasteiger partial charge in [0.1, 0.15) is 17.9 Å². The van der Waals surface area contributed by atoms with Gasteiger partial charge in [0.2, 0.25) is 10.0 Å². The molecule has 0 saturated carbocycles. The third-order valence-electron chi connectivity index (χ3n) is 7.27. The topological polar surface area (TPSA) is 123 Å². The fourth-order valence-corrected chi connectivity index (χ4v) is 6.65. The maximum atomic E-state index is 14.2. The number of rotatable bonds is 11. The number of carboxylic acids is 1. The van der Waals surface area contributed by atoms with Gasteiger partial charge in [-0.15, -0.1) is 0 Å². The Morgan fingerprint density at radius 3 is 2.00 bits per heavy atom. The van der Waals surface area contributed by atoms with Crippen LogP contribution in [0.1, 0.15) is 18.4 Å². The molecule has 3 aromatic rings. The van der Waals surface area contributed by atoms with Crippen LogP contribution in [0.2, 0.25) is 0 Å². The van der Waals surface area contributed by atoms with Gasteiger partial charge in [0.15, 0.2) is 0 Å². The standard InChI is InChI=1S/C30H34N2O8S/c1-38-20-21-40-29(35)31-18-16-30(17-19-31,28(33)34)32(22-23-6-4-3-5-7-23)41(36,37)27-14-10-25(11-15-27)24-8-12-26(39-2)13-9-24/h3-15H,16-22H2,1-2H3,(H,33,34). The number of hydrogen-bond donors (Lipinski definition) is 1. The Morgan fingerprint density at radius 2 is 1.46 bits per heavy atom. The number of nitrogens with zero attached hydrogens (tertiary/aromatic N) is 2. The maximum Gasteiger partial charge on any atom is 0.409 e. The minimum absolute atomic E-state index is 0.0206. The van der Waals surface area contributed by atoms with Gasteiger partial charge < -0.3 is 24.2 Å². The fourth-order valence-electron chi connectivity index (χ4n) is 4.88. The molecular formula is C30H34N2O8S. The van der Waals surface area contributed by atoms with Crippen LogP contribution in [0.5, 0.6) is 5.75 Å². The van der Waals surface area contributed by atoms with Crippen LogP contribution in [0.4, 0.5) is 4.79 Å². The number of benzene rings is 3. The number of sulfonamides is 1. The number of amides is 1. The maximum absolute atomic E-state index is 14.2. The van der Waals surface area contributed by atoms with Crippen LogP contribution in [-0.2, 0) is 30.8 Å². The van der Waals surface area contributed by atoms with Gasteiger partial charge in [-0.3, -0.25) is 4.79 Å². The van der Waals surface area contributed by atoms with Gasteiger partial charge >= 0.3 is 12.1 Å². The molecule has 1 saturated heterocycles. The van der Waals surface area contributed by atoms with Crippen molar-refractivity contribution in [1.82, 2.24) is 9.21 Å². The van der Waals surface area contributed by atoms with E-state index in [9.17, 15) is 23.1 Å². The van der Waals surface area contributed by atoms with Crippen molar-refractivity contribution < 1.29 is 37.3 Å². The van der Waals surface area contributed by atoms with Crippen molar-refractivity contribution in [2.45, 2.75) is 29.8 Å². The number of hydrogen-bond acceptors (Lipinski definition) is 7. The lowest BCUT2D eigenvalue weighted by Gasteiger charge is -2.44. The number of likely N-dealkylation sites (tertiary alicyclic amines) is 1. The Hall–Kier alpha value is -3.93. The monoisotopic (exact) mass is 582 g/mol. The highest BCUT2D eigenvalue weighted by Crippen LogP contribution is 2.36. The average molecular weight is 583 g/mol. The van der Waals surface area contributed by atoms with Crippen LogP contribution in [0.3, 0.4) is 0 Å². The smallest absolute Gasteiger partial charge is 0.409 e. The van der Waals surface area contributed by atoms with E-state index < -0.39 is 27.6 Å². The van der Waals surface area contributed by atoms with Crippen LogP contribution < -0.4 is 4.74 Å². The molecule has 1 aliphatic rings. The molecule has 0 aliphatic carbocycles. The summed E-state index contributed by atoms with van der Waals surface area (Å²) in [6, 6.07) is 22.6. The van der Waals surface area contributed by atoms with E-state index in [-0.39, 0.29) is 50.6 Å². The molecule has 1 aliphatic heterocycles. The molecule has 0 atom stereocenters. The minimum atomic E-state index is -4.29. The zero-order valence-corrected chi connectivity index (χ0v) is 23.9. The summed E-state index contributed by atoms with van der Waals surface area (Å²) in [7, 11) is -1.21. The molecule has 0 aromatic heterocycles. The number of aliphatic carboxylic acids is 1. The summed E-state index contributed by atoms with van der Waals surface area (Å²) in [6.45, 7) is 0.203. The second kappa shape index (κ2) is 13.2. The molecule has 4 rings (SSSR count). The lowest BCUT2D eigenvalue weighted by Crippen LogP contribution is -2.61. The molecule has 1 heterocycles. The van der Waals surface area contributed by atoms with E-state index in [1.807, 2.05) is 24.3 Å². The molecular weight excluding hydrogens is 548 g/mol. The van der Waals surface area contributed by atoms with Crippen molar-refractivity contribution in [3.8, 4) is 16.9 Å². The summed E-state index contributed by atoms with van der Waals surface area (Å²) in [5, 5.41) is 10.5. The SMILES string of the molecule is COCCOC(=O)N1CCC(C(=O)O)(N(Cc2ccccc2)S(=O)(=O)c2ccc(-c3ccc(OC)cc3)cc2)CC1. The number of methoxy groups -OCH3 is 2. The summed E-state index contributed by atoms with van der Waals surface area (Å²) in [4.78, 5) is 26.8. The fraction of sp³-hybridized carbons (Fsp3) is 0.333. The van der Waals surface area contributed by atoms with Crippen molar-refractivity contribution in [1.29, 1.82) is 0 Å². The number of carbonyl (C=O) groups is 2. The molecule has 11 heteroatoms. The predicted octanol–water partition coefficient (Wildman–Crippen LogP) is 4.26. The van der Waals surface area contributed by atoms with Crippen molar-refractivity contribution >= 4 is 22.1 Å². The first-order valence-electron chi connectivity index (χ1n) is 13.2. The van der Waals surface area contributed by atoms with Gasteiger partial charge in [0.25, 0.3) is 0 Å². The molecule has 0 spiro atoms. The molecule has 1 fully saturated rings. The van der Waals surface area contributed by atoms with Gasteiger partial charge in [0, 0.05) is 26.7 Å². The normalized spacial score (nSPS) is 15.0.